The fourth-order valence-electron chi connectivity index (χ4n) is 3.68. The summed E-state index contributed by atoms with van der Waals surface area (Å²) in [6.45, 7) is 5.69. The van der Waals surface area contributed by atoms with Crippen molar-refractivity contribution in [2.24, 2.45) is 0 Å². The summed E-state index contributed by atoms with van der Waals surface area (Å²) in [4.78, 5) is 4.66. The maximum atomic E-state index is 13.9. The number of nitrogens with zero attached hydrogens (tertiary/aromatic N) is 2. The van der Waals surface area contributed by atoms with E-state index in [0.717, 1.165) is 58.3 Å². The molecule has 0 radical (unpaired) electrons. The van der Waals surface area contributed by atoms with E-state index in [2.05, 4.69) is 9.80 Å². The average molecular weight is 340 g/mol. The Morgan fingerprint density at radius 1 is 1.17 bits per heavy atom. The molecule has 2 saturated heterocycles. The van der Waals surface area contributed by atoms with Gasteiger partial charge in [0, 0.05) is 43.9 Å². The quantitative estimate of drug-likeness (QED) is 0.891. The second kappa shape index (κ2) is 8.34. The molecule has 0 spiro atoms. The summed E-state index contributed by atoms with van der Waals surface area (Å²) >= 11 is 0. The van der Waals surface area contributed by atoms with Gasteiger partial charge in [-0.3, -0.25) is 9.80 Å². The first-order valence-corrected chi connectivity index (χ1v) is 8.80. The molecule has 2 unspecified atom stereocenters. The molecule has 2 atom stereocenters. The number of halogens is 2. The number of piperidine rings is 1. The molecule has 2 fully saturated rings. The second-order valence-corrected chi connectivity index (χ2v) is 6.74. The third kappa shape index (κ3) is 4.51. The van der Waals surface area contributed by atoms with Gasteiger partial charge in [0.1, 0.15) is 11.6 Å². The van der Waals surface area contributed by atoms with Crippen molar-refractivity contribution < 1.29 is 18.6 Å². The van der Waals surface area contributed by atoms with Crippen molar-refractivity contribution in [2.75, 3.05) is 45.9 Å². The van der Waals surface area contributed by atoms with Gasteiger partial charge in [-0.15, -0.1) is 0 Å². The van der Waals surface area contributed by atoms with Crippen LogP contribution in [0.1, 0.15) is 30.9 Å². The molecule has 0 aromatic heterocycles. The molecule has 2 aliphatic heterocycles. The SMILES string of the molecule is OC(CN1CCCCC1CN1CCOCC1)c1ccc(F)cc1F. The van der Waals surface area contributed by atoms with E-state index in [9.17, 15) is 13.9 Å². The number of morpholine rings is 1. The molecule has 6 heteroatoms. The minimum Gasteiger partial charge on any atom is -0.387 e. The highest BCUT2D eigenvalue weighted by Gasteiger charge is 2.28. The van der Waals surface area contributed by atoms with E-state index in [4.69, 9.17) is 4.74 Å². The summed E-state index contributed by atoms with van der Waals surface area (Å²) in [5, 5.41) is 10.4. The Hall–Kier alpha value is -1.08. The Morgan fingerprint density at radius 3 is 2.71 bits per heavy atom. The molecule has 1 N–H and O–H groups in total. The highest BCUT2D eigenvalue weighted by molar-refractivity contribution is 5.21. The van der Waals surface area contributed by atoms with Crippen LogP contribution in [0.4, 0.5) is 8.78 Å². The first-order valence-electron chi connectivity index (χ1n) is 8.80. The lowest BCUT2D eigenvalue weighted by molar-refractivity contribution is 0.00638. The number of likely N-dealkylation sites (tertiary alicyclic amines) is 1. The topological polar surface area (TPSA) is 35.9 Å². The van der Waals surface area contributed by atoms with Crippen LogP contribution in [0.15, 0.2) is 18.2 Å². The Morgan fingerprint density at radius 2 is 1.96 bits per heavy atom. The summed E-state index contributed by atoms with van der Waals surface area (Å²) in [6, 6.07) is 3.74. The summed E-state index contributed by atoms with van der Waals surface area (Å²) in [5.41, 5.74) is 0.173. The van der Waals surface area contributed by atoms with Gasteiger partial charge in [0.2, 0.25) is 0 Å². The van der Waals surface area contributed by atoms with Gasteiger partial charge >= 0.3 is 0 Å². The van der Waals surface area contributed by atoms with E-state index in [1.165, 1.54) is 18.6 Å². The van der Waals surface area contributed by atoms with E-state index >= 15 is 0 Å². The first kappa shape index (κ1) is 17.7. The number of hydrogen-bond donors (Lipinski definition) is 1. The van der Waals surface area contributed by atoms with Crippen molar-refractivity contribution in [3.63, 3.8) is 0 Å². The molecule has 24 heavy (non-hydrogen) atoms. The average Bonchev–Trinajstić information content (AvgIpc) is 2.57. The predicted molar refractivity (Wildman–Crippen MR) is 87.8 cm³/mol. The van der Waals surface area contributed by atoms with Gasteiger partial charge in [-0.25, -0.2) is 8.78 Å². The number of ether oxygens (including phenoxy) is 1. The van der Waals surface area contributed by atoms with Gasteiger partial charge in [0.05, 0.1) is 19.3 Å². The van der Waals surface area contributed by atoms with Gasteiger partial charge in [0.15, 0.2) is 0 Å². The smallest absolute Gasteiger partial charge is 0.131 e. The van der Waals surface area contributed by atoms with E-state index in [1.54, 1.807) is 0 Å². The Kier molecular flexibility index (Phi) is 6.16. The molecule has 4 nitrogen and oxygen atoms in total. The molecule has 3 rings (SSSR count). The maximum absolute atomic E-state index is 13.9. The monoisotopic (exact) mass is 340 g/mol. The van der Waals surface area contributed by atoms with Crippen LogP contribution < -0.4 is 0 Å². The largest absolute Gasteiger partial charge is 0.387 e. The highest BCUT2D eigenvalue weighted by Crippen LogP contribution is 2.24. The zero-order valence-electron chi connectivity index (χ0n) is 14.0. The molecule has 1 aromatic carbocycles. The minimum absolute atomic E-state index is 0.173. The van der Waals surface area contributed by atoms with E-state index in [0.29, 0.717) is 12.6 Å². The Labute approximate surface area is 142 Å². The van der Waals surface area contributed by atoms with E-state index in [1.807, 2.05) is 0 Å². The molecule has 1 aromatic rings. The van der Waals surface area contributed by atoms with Gasteiger partial charge in [0.25, 0.3) is 0 Å². The predicted octanol–water partition coefficient (Wildman–Crippen LogP) is 2.18. The zero-order chi connectivity index (χ0) is 16.9. The summed E-state index contributed by atoms with van der Waals surface area (Å²) in [6.07, 6.45) is 2.44. The van der Waals surface area contributed by atoms with Crippen LogP contribution in [0.3, 0.4) is 0 Å². The lowest BCUT2D eigenvalue weighted by Crippen LogP contribution is -2.50. The molecular weight excluding hydrogens is 314 g/mol. The van der Waals surface area contributed by atoms with Crippen LogP contribution in [0.5, 0.6) is 0 Å². The normalized spacial score (nSPS) is 24.9. The summed E-state index contributed by atoms with van der Waals surface area (Å²) in [7, 11) is 0. The molecule has 2 aliphatic rings. The van der Waals surface area contributed by atoms with Crippen molar-refractivity contribution in [2.45, 2.75) is 31.4 Å². The van der Waals surface area contributed by atoms with Crippen LogP contribution in [-0.4, -0.2) is 66.9 Å². The van der Waals surface area contributed by atoms with Gasteiger partial charge in [-0.2, -0.15) is 0 Å². The van der Waals surface area contributed by atoms with Crippen molar-refractivity contribution in [1.29, 1.82) is 0 Å². The number of benzene rings is 1. The number of aliphatic hydroxyl groups is 1. The van der Waals surface area contributed by atoms with E-state index < -0.39 is 17.7 Å². The second-order valence-electron chi connectivity index (χ2n) is 6.74. The van der Waals surface area contributed by atoms with Crippen molar-refractivity contribution in [3.05, 3.63) is 35.4 Å². The fraction of sp³-hybridized carbons (Fsp3) is 0.667. The van der Waals surface area contributed by atoms with Crippen LogP contribution in [0.2, 0.25) is 0 Å². The third-order valence-corrected chi connectivity index (χ3v) is 5.05. The van der Waals surface area contributed by atoms with Crippen molar-refractivity contribution in [1.82, 2.24) is 9.80 Å². The molecule has 0 saturated carbocycles. The van der Waals surface area contributed by atoms with Crippen LogP contribution in [-0.2, 0) is 4.74 Å². The Balaban J connectivity index is 1.62. The van der Waals surface area contributed by atoms with Crippen molar-refractivity contribution in [3.8, 4) is 0 Å². The summed E-state index contributed by atoms with van der Waals surface area (Å²) < 4.78 is 32.3. The Bertz CT molecular complexity index is 538. The fourth-order valence-corrected chi connectivity index (χ4v) is 3.68. The molecule has 0 aliphatic carbocycles. The molecule has 0 bridgehead atoms. The molecule has 134 valence electrons. The lowest BCUT2D eigenvalue weighted by atomic mass is 9.99. The number of hydrogen-bond acceptors (Lipinski definition) is 4. The van der Waals surface area contributed by atoms with Crippen molar-refractivity contribution >= 4 is 0 Å². The summed E-state index contributed by atoms with van der Waals surface area (Å²) in [5.74, 6) is -1.30. The third-order valence-electron chi connectivity index (χ3n) is 5.05. The lowest BCUT2D eigenvalue weighted by Gasteiger charge is -2.40. The zero-order valence-corrected chi connectivity index (χ0v) is 14.0. The standard InChI is InChI=1S/C18H26F2N2O2/c19-14-4-5-16(17(20)11-14)18(23)13-22-6-2-1-3-15(22)12-21-7-9-24-10-8-21/h4-5,11,15,18,23H,1-3,6-10,12-13H2. The van der Waals surface area contributed by atoms with Gasteiger partial charge < -0.3 is 9.84 Å². The minimum atomic E-state index is -0.934. The molecule has 2 heterocycles. The van der Waals surface area contributed by atoms with Gasteiger partial charge in [-0.1, -0.05) is 12.5 Å². The molecular formula is C18H26F2N2O2. The van der Waals surface area contributed by atoms with Crippen LogP contribution >= 0.6 is 0 Å². The van der Waals surface area contributed by atoms with Gasteiger partial charge in [-0.05, 0) is 25.5 Å². The number of rotatable bonds is 5. The first-order chi connectivity index (χ1) is 11.6. The molecule has 0 amide bonds. The maximum Gasteiger partial charge on any atom is 0.131 e. The van der Waals surface area contributed by atoms with Crippen LogP contribution in [0, 0.1) is 11.6 Å². The number of β-amino-alcohol motifs (C(OH)–C–C–N with tert-alkyl or cyclic N) is 1. The van der Waals surface area contributed by atoms with Crippen LogP contribution in [0.25, 0.3) is 0 Å². The number of aliphatic hydroxyl groups excluding tert-OH is 1. The van der Waals surface area contributed by atoms with E-state index in [-0.39, 0.29) is 5.56 Å². The highest BCUT2D eigenvalue weighted by atomic mass is 19.1.